The Labute approximate surface area is 182 Å². The van der Waals surface area contributed by atoms with Gasteiger partial charge in [-0.05, 0) is 41.3 Å². The largest absolute Gasteiger partial charge is 0.467 e. The van der Waals surface area contributed by atoms with Crippen LogP contribution in [0.1, 0.15) is 24.0 Å². The minimum Gasteiger partial charge on any atom is -0.467 e. The van der Waals surface area contributed by atoms with E-state index >= 15 is 0 Å². The molecular formula is C23H18ClN5O2. The SMILES string of the molecule is COc1ncc(-c2n[nH]c3cc4[nH]c(=O)c(C(C)c5cccc(Cl)c5)cc4cc23)cn1. The molecular weight excluding hydrogens is 414 g/mol. The molecule has 2 aromatic carbocycles. The monoisotopic (exact) mass is 431 g/mol. The van der Waals surface area contributed by atoms with Crippen LogP contribution in [0.3, 0.4) is 0 Å². The number of fused-ring (bicyclic) bond motifs is 2. The maximum atomic E-state index is 12.8. The van der Waals surface area contributed by atoms with Gasteiger partial charge in [0.05, 0.1) is 18.1 Å². The quantitative estimate of drug-likeness (QED) is 0.431. The maximum Gasteiger partial charge on any atom is 0.316 e. The van der Waals surface area contributed by atoms with Crippen molar-refractivity contribution in [2.24, 2.45) is 0 Å². The molecule has 0 spiro atoms. The van der Waals surface area contributed by atoms with Gasteiger partial charge in [-0.3, -0.25) is 9.89 Å². The van der Waals surface area contributed by atoms with Crippen molar-refractivity contribution in [3.8, 4) is 17.3 Å². The van der Waals surface area contributed by atoms with Crippen molar-refractivity contribution in [3.05, 3.63) is 81.4 Å². The number of aromatic nitrogens is 5. The van der Waals surface area contributed by atoms with Gasteiger partial charge in [0.2, 0.25) is 0 Å². The van der Waals surface area contributed by atoms with Gasteiger partial charge in [-0.2, -0.15) is 5.10 Å². The predicted molar refractivity (Wildman–Crippen MR) is 121 cm³/mol. The maximum absolute atomic E-state index is 12.8. The molecule has 0 saturated heterocycles. The van der Waals surface area contributed by atoms with Crippen LogP contribution in [0.4, 0.5) is 0 Å². The molecule has 31 heavy (non-hydrogen) atoms. The Bertz CT molecular complexity index is 1470. The second-order valence-corrected chi connectivity index (χ2v) is 7.78. The highest BCUT2D eigenvalue weighted by Gasteiger charge is 2.16. The summed E-state index contributed by atoms with van der Waals surface area (Å²) in [5, 5.41) is 9.92. The first-order chi connectivity index (χ1) is 15.0. The molecule has 1 unspecified atom stereocenters. The summed E-state index contributed by atoms with van der Waals surface area (Å²) in [5.74, 6) is -0.110. The average Bonchev–Trinajstić information content (AvgIpc) is 3.19. The first-order valence-corrected chi connectivity index (χ1v) is 10.1. The van der Waals surface area contributed by atoms with E-state index in [0.29, 0.717) is 16.6 Å². The van der Waals surface area contributed by atoms with E-state index < -0.39 is 0 Å². The summed E-state index contributed by atoms with van der Waals surface area (Å²) in [4.78, 5) is 24.1. The van der Waals surface area contributed by atoms with Crippen LogP contribution in [0.2, 0.25) is 5.02 Å². The van der Waals surface area contributed by atoms with Gasteiger partial charge in [0.15, 0.2) is 0 Å². The molecule has 0 fully saturated rings. The van der Waals surface area contributed by atoms with Gasteiger partial charge in [0.25, 0.3) is 5.56 Å². The highest BCUT2D eigenvalue weighted by molar-refractivity contribution is 6.30. The molecule has 0 amide bonds. The number of hydrogen-bond acceptors (Lipinski definition) is 5. The van der Waals surface area contributed by atoms with Crippen molar-refractivity contribution in [2.75, 3.05) is 7.11 Å². The summed E-state index contributed by atoms with van der Waals surface area (Å²) >= 11 is 6.14. The van der Waals surface area contributed by atoms with Crippen LogP contribution < -0.4 is 10.3 Å². The van der Waals surface area contributed by atoms with Gasteiger partial charge in [-0.15, -0.1) is 0 Å². The first-order valence-electron chi connectivity index (χ1n) is 9.70. The standard InChI is InChI=1S/C23H18ClN5O2/c1-12(13-4-3-5-16(24)6-13)17-7-14-8-18-20(9-19(14)27-22(17)30)28-29-21(18)15-10-25-23(31-2)26-11-15/h3-12H,1-2H3,(H,27,30)(H,28,29). The second-order valence-electron chi connectivity index (χ2n) is 7.35. The molecule has 5 aromatic rings. The molecule has 0 aliphatic heterocycles. The number of H-pyrrole nitrogens is 2. The molecule has 8 heteroatoms. The van der Waals surface area contributed by atoms with E-state index in [0.717, 1.165) is 38.6 Å². The number of aromatic amines is 2. The number of methoxy groups -OCH3 is 1. The highest BCUT2D eigenvalue weighted by atomic mass is 35.5. The van der Waals surface area contributed by atoms with E-state index in [2.05, 4.69) is 25.1 Å². The second kappa shape index (κ2) is 7.52. The Hall–Kier alpha value is -3.71. The van der Waals surface area contributed by atoms with Crippen LogP contribution in [0.15, 0.2) is 59.7 Å². The van der Waals surface area contributed by atoms with Gasteiger partial charge >= 0.3 is 6.01 Å². The predicted octanol–water partition coefficient (Wildman–Crippen LogP) is 4.68. The number of pyridine rings is 1. The number of rotatable bonds is 4. The number of benzene rings is 2. The fraction of sp³-hybridized carbons (Fsp3) is 0.130. The van der Waals surface area contributed by atoms with E-state index in [9.17, 15) is 4.79 Å². The lowest BCUT2D eigenvalue weighted by Gasteiger charge is -2.13. The van der Waals surface area contributed by atoms with Crippen LogP contribution in [0.25, 0.3) is 33.1 Å². The topological polar surface area (TPSA) is 96.5 Å². The fourth-order valence-electron chi connectivity index (χ4n) is 3.78. The molecule has 154 valence electrons. The summed E-state index contributed by atoms with van der Waals surface area (Å²) in [6.07, 6.45) is 3.34. The molecule has 0 aliphatic rings. The van der Waals surface area contributed by atoms with Crippen molar-refractivity contribution in [2.45, 2.75) is 12.8 Å². The first kappa shape index (κ1) is 19.3. The minimum absolute atomic E-state index is 0.110. The average molecular weight is 432 g/mol. The molecule has 5 rings (SSSR count). The zero-order valence-corrected chi connectivity index (χ0v) is 17.6. The van der Waals surface area contributed by atoms with Crippen molar-refractivity contribution < 1.29 is 4.74 Å². The van der Waals surface area contributed by atoms with E-state index in [1.165, 1.54) is 7.11 Å². The number of hydrogen-bond donors (Lipinski definition) is 2. The van der Waals surface area contributed by atoms with Crippen LogP contribution in [-0.2, 0) is 0 Å². The Morgan fingerprint density at radius 2 is 1.87 bits per heavy atom. The Morgan fingerprint density at radius 1 is 1.06 bits per heavy atom. The number of halogens is 1. The molecule has 1 atom stereocenters. The third-order valence-corrected chi connectivity index (χ3v) is 5.69. The zero-order chi connectivity index (χ0) is 21.5. The van der Waals surface area contributed by atoms with Gasteiger partial charge in [0.1, 0.15) is 5.69 Å². The minimum atomic E-state index is -0.123. The molecule has 0 radical (unpaired) electrons. The molecule has 3 aromatic heterocycles. The molecule has 7 nitrogen and oxygen atoms in total. The van der Waals surface area contributed by atoms with E-state index in [-0.39, 0.29) is 11.5 Å². The summed E-state index contributed by atoms with van der Waals surface area (Å²) in [6, 6.07) is 13.7. The van der Waals surface area contributed by atoms with E-state index in [1.54, 1.807) is 12.4 Å². The molecule has 0 saturated carbocycles. The smallest absolute Gasteiger partial charge is 0.316 e. The lowest BCUT2D eigenvalue weighted by molar-refractivity contribution is 0.380. The van der Waals surface area contributed by atoms with Crippen molar-refractivity contribution in [1.82, 2.24) is 25.1 Å². The van der Waals surface area contributed by atoms with Crippen molar-refractivity contribution >= 4 is 33.4 Å². The summed E-state index contributed by atoms with van der Waals surface area (Å²) < 4.78 is 5.03. The summed E-state index contributed by atoms with van der Waals surface area (Å²) in [6.45, 7) is 2.00. The van der Waals surface area contributed by atoms with Crippen molar-refractivity contribution in [1.29, 1.82) is 0 Å². The Balaban J connectivity index is 1.64. The van der Waals surface area contributed by atoms with Crippen LogP contribution in [0.5, 0.6) is 6.01 Å². The van der Waals surface area contributed by atoms with Crippen molar-refractivity contribution in [3.63, 3.8) is 0 Å². The number of ether oxygens (including phenoxy) is 1. The third-order valence-electron chi connectivity index (χ3n) is 5.45. The fourth-order valence-corrected chi connectivity index (χ4v) is 3.98. The highest BCUT2D eigenvalue weighted by Crippen LogP contribution is 2.31. The van der Waals surface area contributed by atoms with Crippen LogP contribution in [0, 0.1) is 0 Å². The lowest BCUT2D eigenvalue weighted by Crippen LogP contribution is -2.15. The lowest BCUT2D eigenvalue weighted by atomic mass is 9.93. The molecule has 3 heterocycles. The Kier molecular flexibility index (Phi) is 4.67. The molecule has 0 aliphatic carbocycles. The summed E-state index contributed by atoms with van der Waals surface area (Å²) in [5.41, 5.74) is 4.58. The zero-order valence-electron chi connectivity index (χ0n) is 16.8. The van der Waals surface area contributed by atoms with Gasteiger partial charge in [0, 0.05) is 39.8 Å². The molecule has 2 N–H and O–H groups in total. The van der Waals surface area contributed by atoms with E-state index in [1.807, 2.05) is 49.4 Å². The number of nitrogens with one attached hydrogen (secondary N) is 2. The normalized spacial score (nSPS) is 12.4. The van der Waals surface area contributed by atoms with Gasteiger partial charge < -0.3 is 9.72 Å². The van der Waals surface area contributed by atoms with Gasteiger partial charge in [-0.1, -0.05) is 30.7 Å². The van der Waals surface area contributed by atoms with Crippen LogP contribution in [-0.4, -0.2) is 32.3 Å². The Morgan fingerprint density at radius 3 is 2.61 bits per heavy atom. The number of nitrogens with zero attached hydrogens (tertiary/aromatic N) is 3. The van der Waals surface area contributed by atoms with E-state index in [4.69, 9.17) is 16.3 Å². The third kappa shape index (κ3) is 3.43. The van der Waals surface area contributed by atoms with Crippen LogP contribution >= 0.6 is 11.6 Å². The summed E-state index contributed by atoms with van der Waals surface area (Å²) in [7, 11) is 1.52. The molecule has 0 bridgehead atoms. The van der Waals surface area contributed by atoms with Gasteiger partial charge in [-0.25, -0.2) is 9.97 Å².